The summed E-state index contributed by atoms with van der Waals surface area (Å²) in [6, 6.07) is 0. The molecular formula is C11H16F2N2O3. The number of aryl methyl sites for hydroxylation is 1. The van der Waals surface area contributed by atoms with E-state index < -0.39 is 18.0 Å². The number of carbonyl (C=O) groups is 1. The van der Waals surface area contributed by atoms with E-state index in [0.29, 0.717) is 13.0 Å². The van der Waals surface area contributed by atoms with Crippen molar-refractivity contribution in [3.63, 3.8) is 0 Å². The van der Waals surface area contributed by atoms with Crippen LogP contribution in [0.4, 0.5) is 8.78 Å². The molecule has 0 aliphatic carbocycles. The molecule has 18 heavy (non-hydrogen) atoms. The standard InChI is InChI=1S/C11H16F2N2O3/c1-3-5-15-7-14-6-8(15)9(16)11(12,13)10(17)18-4-2/h6-7,9,16H,3-5H2,1-2H3. The van der Waals surface area contributed by atoms with E-state index in [1.807, 2.05) is 6.92 Å². The van der Waals surface area contributed by atoms with Crippen LogP contribution in [0.3, 0.4) is 0 Å². The van der Waals surface area contributed by atoms with Crippen molar-refractivity contribution in [2.45, 2.75) is 38.8 Å². The summed E-state index contributed by atoms with van der Waals surface area (Å²) in [7, 11) is 0. The van der Waals surface area contributed by atoms with Gasteiger partial charge >= 0.3 is 11.9 Å². The Morgan fingerprint density at radius 1 is 1.61 bits per heavy atom. The third-order valence-electron chi connectivity index (χ3n) is 2.38. The predicted molar refractivity (Wildman–Crippen MR) is 59.1 cm³/mol. The Kier molecular flexibility index (Phi) is 4.77. The van der Waals surface area contributed by atoms with Crippen molar-refractivity contribution < 1.29 is 23.4 Å². The van der Waals surface area contributed by atoms with Crippen molar-refractivity contribution in [2.24, 2.45) is 0 Å². The van der Waals surface area contributed by atoms with E-state index in [2.05, 4.69) is 9.72 Å². The molecule has 0 amide bonds. The van der Waals surface area contributed by atoms with Crippen molar-refractivity contribution in [1.29, 1.82) is 0 Å². The third-order valence-corrected chi connectivity index (χ3v) is 2.38. The monoisotopic (exact) mass is 262 g/mol. The molecule has 0 spiro atoms. The number of alkyl halides is 2. The molecular weight excluding hydrogens is 246 g/mol. The van der Waals surface area contributed by atoms with Gasteiger partial charge in [-0.15, -0.1) is 0 Å². The zero-order valence-corrected chi connectivity index (χ0v) is 10.3. The highest BCUT2D eigenvalue weighted by Crippen LogP contribution is 2.32. The molecule has 5 nitrogen and oxygen atoms in total. The van der Waals surface area contributed by atoms with Crippen LogP contribution in [0, 0.1) is 0 Å². The van der Waals surface area contributed by atoms with Gasteiger partial charge in [-0.2, -0.15) is 8.78 Å². The summed E-state index contributed by atoms with van der Waals surface area (Å²) < 4.78 is 32.9. The molecule has 0 aliphatic heterocycles. The number of nitrogens with zero attached hydrogens (tertiary/aromatic N) is 2. The second kappa shape index (κ2) is 5.90. The molecule has 1 aromatic heterocycles. The predicted octanol–water partition coefficient (Wildman–Crippen LogP) is 1.52. The summed E-state index contributed by atoms with van der Waals surface area (Å²) in [6.07, 6.45) is 0.892. The van der Waals surface area contributed by atoms with Crippen LogP contribution in [0.5, 0.6) is 0 Å². The van der Waals surface area contributed by atoms with Gasteiger partial charge < -0.3 is 14.4 Å². The van der Waals surface area contributed by atoms with Gasteiger partial charge in [0.05, 0.1) is 24.8 Å². The first kappa shape index (κ1) is 14.6. The highest BCUT2D eigenvalue weighted by atomic mass is 19.3. The van der Waals surface area contributed by atoms with E-state index in [9.17, 15) is 18.7 Å². The minimum Gasteiger partial charge on any atom is -0.461 e. The number of aromatic nitrogens is 2. The number of aliphatic hydroxyl groups excluding tert-OH is 1. The third kappa shape index (κ3) is 2.84. The molecule has 7 heteroatoms. The van der Waals surface area contributed by atoms with Gasteiger partial charge in [0.1, 0.15) is 0 Å². The lowest BCUT2D eigenvalue weighted by Gasteiger charge is -2.21. The molecule has 102 valence electrons. The molecule has 0 radical (unpaired) electrons. The maximum absolute atomic E-state index is 13.6. The lowest BCUT2D eigenvalue weighted by atomic mass is 10.1. The van der Waals surface area contributed by atoms with Crippen molar-refractivity contribution in [2.75, 3.05) is 6.61 Å². The molecule has 0 bridgehead atoms. The topological polar surface area (TPSA) is 64.3 Å². The number of ether oxygens (including phenoxy) is 1. The van der Waals surface area contributed by atoms with Crippen LogP contribution in [-0.4, -0.2) is 33.2 Å². The molecule has 1 atom stereocenters. The number of rotatable bonds is 6. The average molecular weight is 262 g/mol. The Morgan fingerprint density at radius 3 is 2.83 bits per heavy atom. The zero-order valence-electron chi connectivity index (χ0n) is 10.3. The first-order valence-corrected chi connectivity index (χ1v) is 5.68. The number of hydrogen-bond donors (Lipinski definition) is 1. The maximum atomic E-state index is 13.6. The molecule has 1 unspecified atom stereocenters. The lowest BCUT2D eigenvalue weighted by Crippen LogP contribution is -2.38. The van der Waals surface area contributed by atoms with E-state index in [-0.39, 0.29) is 12.3 Å². The molecule has 1 N–H and O–H groups in total. The zero-order chi connectivity index (χ0) is 13.8. The van der Waals surface area contributed by atoms with E-state index in [4.69, 9.17) is 0 Å². The van der Waals surface area contributed by atoms with E-state index in [1.54, 1.807) is 0 Å². The van der Waals surface area contributed by atoms with Gasteiger partial charge in [-0.25, -0.2) is 9.78 Å². The Morgan fingerprint density at radius 2 is 2.28 bits per heavy atom. The Labute approximate surface area is 103 Å². The summed E-state index contributed by atoms with van der Waals surface area (Å²) >= 11 is 0. The first-order valence-electron chi connectivity index (χ1n) is 5.68. The van der Waals surface area contributed by atoms with Crippen LogP contribution in [0.25, 0.3) is 0 Å². The van der Waals surface area contributed by atoms with Crippen LogP contribution in [0.1, 0.15) is 32.1 Å². The number of aliphatic hydroxyl groups is 1. The fourth-order valence-electron chi connectivity index (χ4n) is 1.51. The first-order chi connectivity index (χ1) is 8.45. The average Bonchev–Trinajstić information content (AvgIpc) is 2.77. The number of esters is 1. The smallest absolute Gasteiger partial charge is 0.380 e. The summed E-state index contributed by atoms with van der Waals surface area (Å²) in [5.74, 6) is -5.72. The quantitative estimate of drug-likeness (QED) is 0.789. The van der Waals surface area contributed by atoms with Crippen LogP contribution in [0.15, 0.2) is 12.5 Å². The number of hydrogen-bond acceptors (Lipinski definition) is 4. The highest BCUT2D eigenvalue weighted by Gasteiger charge is 2.50. The van der Waals surface area contributed by atoms with Crippen LogP contribution in [0.2, 0.25) is 0 Å². The minimum atomic E-state index is -3.98. The van der Waals surface area contributed by atoms with Gasteiger partial charge in [0.25, 0.3) is 0 Å². The Balaban J connectivity index is 2.94. The van der Waals surface area contributed by atoms with Crippen molar-refractivity contribution in [3.05, 3.63) is 18.2 Å². The Hall–Kier alpha value is -1.50. The molecule has 0 aliphatic rings. The molecule has 1 heterocycles. The Bertz CT molecular complexity index is 407. The number of halogens is 2. The lowest BCUT2D eigenvalue weighted by molar-refractivity contribution is -0.189. The minimum absolute atomic E-state index is 0.102. The number of carbonyl (C=O) groups excluding carboxylic acids is 1. The van der Waals surface area contributed by atoms with E-state index in [1.165, 1.54) is 17.8 Å². The van der Waals surface area contributed by atoms with Gasteiger partial charge in [-0.1, -0.05) is 6.92 Å². The summed E-state index contributed by atoms with van der Waals surface area (Å²) in [5.41, 5.74) is -0.102. The second-order valence-corrected chi connectivity index (χ2v) is 3.76. The highest BCUT2D eigenvalue weighted by molar-refractivity contribution is 5.78. The van der Waals surface area contributed by atoms with Gasteiger partial charge in [-0.05, 0) is 13.3 Å². The van der Waals surface area contributed by atoms with Crippen molar-refractivity contribution in [1.82, 2.24) is 9.55 Å². The largest absolute Gasteiger partial charge is 0.461 e. The van der Waals surface area contributed by atoms with Crippen LogP contribution >= 0.6 is 0 Å². The van der Waals surface area contributed by atoms with Gasteiger partial charge in [0, 0.05) is 6.54 Å². The SMILES string of the molecule is CCCn1cncc1C(O)C(F)(F)C(=O)OCC. The molecule has 1 aromatic rings. The molecule has 0 fully saturated rings. The number of imidazole rings is 1. The molecule has 0 saturated carbocycles. The second-order valence-electron chi connectivity index (χ2n) is 3.76. The normalized spacial score (nSPS) is 13.4. The van der Waals surface area contributed by atoms with Crippen molar-refractivity contribution in [3.8, 4) is 0 Å². The fraction of sp³-hybridized carbons (Fsp3) is 0.636. The van der Waals surface area contributed by atoms with E-state index >= 15 is 0 Å². The summed E-state index contributed by atoms with van der Waals surface area (Å²) in [6.45, 7) is 3.54. The maximum Gasteiger partial charge on any atom is 0.380 e. The summed E-state index contributed by atoms with van der Waals surface area (Å²) in [5, 5.41) is 9.63. The summed E-state index contributed by atoms with van der Waals surface area (Å²) in [4.78, 5) is 14.8. The van der Waals surface area contributed by atoms with Gasteiger partial charge in [0.15, 0.2) is 6.10 Å². The molecule has 0 saturated heterocycles. The molecule has 0 aromatic carbocycles. The van der Waals surface area contributed by atoms with Gasteiger partial charge in [-0.3, -0.25) is 0 Å². The van der Waals surface area contributed by atoms with Gasteiger partial charge in [0.2, 0.25) is 0 Å². The molecule has 1 rings (SSSR count). The van der Waals surface area contributed by atoms with Crippen molar-refractivity contribution >= 4 is 5.97 Å². The van der Waals surface area contributed by atoms with E-state index in [0.717, 1.165) is 6.20 Å². The van der Waals surface area contributed by atoms with Crippen LogP contribution in [-0.2, 0) is 16.1 Å². The van der Waals surface area contributed by atoms with Crippen LogP contribution < -0.4 is 0 Å². The fourth-order valence-corrected chi connectivity index (χ4v) is 1.51.